The molecule has 0 bridgehead atoms. The number of benzene rings is 1. The summed E-state index contributed by atoms with van der Waals surface area (Å²) in [7, 11) is 1.38. The van der Waals surface area contributed by atoms with E-state index >= 15 is 0 Å². The molecular formula is C11H13O3. The van der Waals surface area contributed by atoms with Crippen molar-refractivity contribution in [3.63, 3.8) is 0 Å². The summed E-state index contributed by atoms with van der Waals surface area (Å²) in [6.45, 7) is 0.510. The average molecular weight is 193 g/mol. The van der Waals surface area contributed by atoms with Crippen molar-refractivity contribution >= 4 is 5.97 Å². The normalized spacial score (nSPS) is 9.50. The van der Waals surface area contributed by atoms with E-state index in [0.717, 1.165) is 0 Å². The molecule has 0 heterocycles. The Bertz CT molecular complexity index is 269. The number of methoxy groups -OCH3 is 1. The second kappa shape index (κ2) is 6.02. The minimum absolute atomic E-state index is 0.203. The van der Waals surface area contributed by atoms with Crippen molar-refractivity contribution in [3.05, 3.63) is 30.3 Å². The molecule has 0 atom stereocenters. The van der Waals surface area contributed by atoms with Gasteiger partial charge in [-0.05, 0) is 12.5 Å². The molecule has 14 heavy (non-hydrogen) atoms. The van der Waals surface area contributed by atoms with Gasteiger partial charge in [0.1, 0.15) is 5.75 Å². The monoisotopic (exact) mass is 193 g/mol. The predicted molar refractivity (Wildman–Crippen MR) is 52.0 cm³/mol. The first-order valence-corrected chi connectivity index (χ1v) is 4.49. The van der Waals surface area contributed by atoms with E-state index in [-0.39, 0.29) is 5.97 Å². The van der Waals surface area contributed by atoms with E-state index in [1.807, 2.05) is 18.2 Å². The zero-order valence-corrected chi connectivity index (χ0v) is 8.16. The molecule has 3 heteroatoms. The van der Waals surface area contributed by atoms with Crippen molar-refractivity contribution in [1.82, 2.24) is 0 Å². The number of hydrogen-bond donors (Lipinski definition) is 0. The van der Waals surface area contributed by atoms with E-state index in [1.54, 1.807) is 6.07 Å². The fourth-order valence-corrected chi connectivity index (χ4v) is 0.967. The smallest absolute Gasteiger partial charge is 0.305 e. The van der Waals surface area contributed by atoms with Gasteiger partial charge in [0.05, 0.1) is 13.7 Å². The van der Waals surface area contributed by atoms with Crippen LogP contribution < -0.4 is 4.74 Å². The van der Waals surface area contributed by atoms with Gasteiger partial charge in [-0.3, -0.25) is 4.79 Å². The van der Waals surface area contributed by atoms with E-state index in [2.05, 4.69) is 10.8 Å². The van der Waals surface area contributed by atoms with Crippen molar-refractivity contribution in [3.8, 4) is 5.75 Å². The van der Waals surface area contributed by atoms with Crippen molar-refractivity contribution < 1.29 is 14.3 Å². The van der Waals surface area contributed by atoms with Gasteiger partial charge in [-0.1, -0.05) is 18.2 Å². The van der Waals surface area contributed by atoms with Crippen molar-refractivity contribution in [2.45, 2.75) is 12.8 Å². The number of para-hydroxylation sites is 1. The molecular weight excluding hydrogens is 180 g/mol. The molecule has 3 nitrogen and oxygen atoms in total. The lowest BCUT2D eigenvalue weighted by Crippen LogP contribution is -2.04. The third kappa shape index (κ3) is 3.94. The van der Waals surface area contributed by atoms with Crippen LogP contribution in [0.25, 0.3) is 0 Å². The Morgan fingerprint density at radius 2 is 2.36 bits per heavy atom. The second-order valence-corrected chi connectivity index (χ2v) is 2.75. The van der Waals surface area contributed by atoms with Gasteiger partial charge in [-0.15, -0.1) is 0 Å². The van der Waals surface area contributed by atoms with Gasteiger partial charge in [0.15, 0.2) is 0 Å². The topological polar surface area (TPSA) is 35.5 Å². The molecule has 0 aliphatic carbocycles. The van der Waals surface area contributed by atoms with Gasteiger partial charge in [0, 0.05) is 12.5 Å². The summed E-state index contributed by atoms with van der Waals surface area (Å²) >= 11 is 0. The van der Waals surface area contributed by atoms with E-state index < -0.39 is 0 Å². The summed E-state index contributed by atoms with van der Waals surface area (Å²) in [6.07, 6.45) is 1.05. The Labute approximate surface area is 83.6 Å². The molecule has 0 aromatic heterocycles. The highest BCUT2D eigenvalue weighted by Crippen LogP contribution is 2.07. The molecule has 75 valence electrons. The minimum atomic E-state index is -0.203. The van der Waals surface area contributed by atoms with E-state index in [9.17, 15) is 4.79 Å². The van der Waals surface area contributed by atoms with Crippen LogP contribution in [-0.4, -0.2) is 19.7 Å². The van der Waals surface area contributed by atoms with Crippen LogP contribution in [0.5, 0.6) is 5.75 Å². The highest BCUT2D eigenvalue weighted by Gasteiger charge is 1.99. The summed E-state index contributed by atoms with van der Waals surface area (Å²) in [5.41, 5.74) is 0. The predicted octanol–water partition coefficient (Wildman–Crippen LogP) is 1.82. The lowest BCUT2D eigenvalue weighted by Gasteiger charge is -2.04. The molecule has 0 spiro atoms. The molecule has 0 aliphatic rings. The fourth-order valence-electron chi connectivity index (χ4n) is 0.967. The standard InChI is InChI=1S/C11H13O3/c1-13-11(12)8-5-9-14-10-6-3-2-4-7-10/h2-4,6H,5,8-9H2,1H3. The summed E-state index contributed by atoms with van der Waals surface area (Å²) in [4.78, 5) is 10.7. The summed E-state index contributed by atoms with van der Waals surface area (Å²) in [5, 5.41) is 0. The van der Waals surface area contributed by atoms with Crippen LogP contribution in [-0.2, 0) is 9.53 Å². The molecule has 1 rings (SSSR count). The molecule has 0 aliphatic heterocycles. The zero-order valence-electron chi connectivity index (χ0n) is 8.16. The first-order chi connectivity index (χ1) is 6.83. The molecule has 1 radical (unpaired) electrons. The Balaban J connectivity index is 2.13. The van der Waals surface area contributed by atoms with Crippen LogP contribution in [0.4, 0.5) is 0 Å². The molecule has 0 amide bonds. The average Bonchev–Trinajstić information content (AvgIpc) is 2.25. The molecule has 0 N–H and O–H groups in total. The third-order valence-corrected chi connectivity index (χ3v) is 1.69. The largest absolute Gasteiger partial charge is 0.493 e. The quantitative estimate of drug-likeness (QED) is 0.528. The van der Waals surface area contributed by atoms with Crippen molar-refractivity contribution in [2.75, 3.05) is 13.7 Å². The molecule has 1 aromatic rings. The van der Waals surface area contributed by atoms with Gasteiger partial charge >= 0.3 is 5.97 Å². The maximum Gasteiger partial charge on any atom is 0.305 e. The van der Waals surface area contributed by atoms with Crippen LogP contribution >= 0.6 is 0 Å². The maximum atomic E-state index is 10.7. The Hall–Kier alpha value is -1.51. The SMILES string of the molecule is COC(=O)CCCOc1[c]cccc1. The summed E-state index contributed by atoms with van der Waals surface area (Å²) in [6, 6.07) is 10.3. The number of esters is 1. The van der Waals surface area contributed by atoms with Gasteiger partial charge in [0.2, 0.25) is 0 Å². The molecule has 0 saturated carbocycles. The molecule has 0 saturated heterocycles. The summed E-state index contributed by atoms with van der Waals surface area (Å²) < 4.78 is 9.84. The number of ether oxygens (including phenoxy) is 2. The number of rotatable bonds is 5. The third-order valence-electron chi connectivity index (χ3n) is 1.69. The molecule has 1 aromatic carbocycles. The van der Waals surface area contributed by atoms with Gasteiger partial charge < -0.3 is 9.47 Å². The van der Waals surface area contributed by atoms with Crippen molar-refractivity contribution in [1.29, 1.82) is 0 Å². The Morgan fingerprint density at radius 1 is 1.50 bits per heavy atom. The van der Waals surface area contributed by atoms with Gasteiger partial charge in [0.25, 0.3) is 0 Å². The first kappa shape index (κ1) is 10.6. The van der Waals surface area contributed by atoms with E-state index in [0.29, 0.717) is 25.2 Å². The maximum absolute atomic E-state index is 10.7. The minimum Gasteiger partial charge on any atom is -0.493 e. The van der Waals surface area contributed by atoms with E-state index in [4.69, 9.17) is 4.74 Å². The molecule has 0 fully saturated rings. The summed E-state index contributed by atoms with van der Waals surface area (Å²) in [5.74, 6) is 0.503. The number of carbonyl (C=O) groups excluding carboxylic acids is 1. The fraction of sp³-hybridized carbons (Fsp3) is 0.364. The van der Waals surface area contributed by atoms with Crippen LogP contribution in [0.15, 0.2) is 24.3 Å². The highest BCUT2D eigenvalue weighted by molar-refractivity contribution is 5.68. The van der Waals surface area contributed by atoms with Gasteiger partial charge in [-0.2, -0.15) is 0 Å². The Morgan fingerprint density at radius 3 is 3.00 bits per heavy atom. The van der Waals surface area contributed by atoms with Crippen LogP contribution in [0.2, 0.25) is 0 Å². The number of hydrogen-bond acceptors (Lipinski definition) is 3. The number of carbonyl (C=O) groups is 1. The van der Waals surface area contributed by atoms with Crippen LogP contribution in [0.1, 0.15) is 12.8 Å². The molecule has 0 unspecified atom stereocenters. The van der Waals surface area contributed by atoms with Crippen molar-refractivity contribution in [2.24, 2.45) is 0 Å². The first-order valence-electron chi connectivity index (χ1n) is 4.49. The van der Waals surface area contributed by atoms with Crippen LogP contribution in [0.3, 0.4) is 0 Å². The zero-order chi connectivity index (χ0) is 10.2. The Kier molecular flexibility index (Phi) is 4.55. The van der Waals surface area contributed by atoms with Gasteiger partial charge in [-0.25, -0.2) is 0 Å². The lowest BCUT2D eigenvalue weighted by atomic mass is 10.3. The lowest BCUT2D eigenvalue weighted by molar-refractivity contribution is -0.140. The van der Waals surface area contributed by atoms with Crippen LogP contribution in [0, 0.1) is 6.07 Å². The van der Waals surface area contributed by atoms with E-state index in [1.165, 1.54) is 7.11 Å². The highest BCUT2D eigenvalue weighted by atomic mass is 16.5. The second-order valence-electron chi connectivity index (χ2n) is 2.75.